The molecule has 1 N–H and O–H groups in total. The maximum Gasteiger partial charge on any atom is 0.136 e. The van der Waals surface area contributed by atoms with Crippen LogP contribution in [0.3, 0.4) is 0 Å². The molecule has 11 aromatic carbocycles. The molecule has 13 rings (SSSR count). The molecule has 60 heavy (non-hydrogen) atoms. The number of furan rings is 1. The molecule has 0 aliphatic carbocycles. The van der Waals surface area contributed by atoms with Gasteiger partial charge in [-0.25, -0.2) is 0 Å². The van der Waals surface area contributed by atoms with Crippen molar-refractivity contribution >= 4 is 86.8 Å². The summed E-state index contributed by atoms with van der Waals surface area (Å²) in [4.78, 5) is 3.73. The van der Waals surface area contributed by atoms with E-state index in [1.165, 1.54) is 98.1 Å². The molecular weight excluding hydrogens is 727 g/mol. The normalized spacial score (nSPS) is 12.0. The van der Waals surface area contributed by atoms with Crippen LogP contribution < -0.4 is 0 Å². The maximum atomic E-state index is 6.49. The molecule has 278 valence electrons. The summed E-state index contributed by atoms with van der Waals surface area (Å²) in [7, 11) is 0. The van der Waals surface area contributed by atoms with Crippen LogP contribution in [0.2, 0.25) is 0 Å². The van der Waals surface area contributed by atoms with Gasteiger partial charge in [0, 0.05) is 32.6 Å². The molecule has 0 aliphatic rings. The van der Waals surface area contributed by atoms with Crippen LogP contribution in [-0.4, -0.2) is 4.98 Å². The van der Waals surface area contributed by atoms with Crippen molar-refractivity contribution < 1.29 is 4.42 Å². The Balaban J connectivity index is 0.942. The summed E-state index contributed by atoms with van der Waals surface area (Å²) in [5.74, 6) is 0. The van der Waals surface area contributed by atoms with E-state index in [1.54, 1.807) is 0 Å². The summed E-state index contributed by atoms with van der Waals surface area (Å²) in [6.45, 7) is 0. The Hall–Kier alpha value is -7.94. The zero-order valence-electron chi connectivity index (χ0n) is 32.5. The number of hydrogen-bond acceptors (Lipinski definition) is 1. The first-order valence-electron chi connectivity index (χ1n) is 20.7. The van der Waals surface area contributed by atoms with Gasteiger partial charge < -0.3 is 9.40 Å². The highest BCUT2D eigenvalue weighted by molar-refractivity contribution is 6.23. The molecule has 0 bridgehead atoms. The molecule has 0 radical (unpaired) electrons. The molecule has 0 atom stereocenters. The summed E-state index contributed by atoms with van der Waals surface area (Å²) in [5, 5.41) is 14.8. The van der Waals surface area contributed by atoms with Crippen LogP contribution in [-0.2, 0) is 0 Å². The van der Waals surface area contributed by atoms with E-state index >= 15 is 0 Å². The van der Waals surface area contributed by atoms with E-state index in [2.05, 4.69) is 211 Å². The lowest BCUT2D eigenvalue weighted by atomic mass is 9.85. The predicted octanol–water partition coefficient (Wildman–Crippen LogP) is 16.5. The minimum Gasteiger partial charge on any atom is -0.456 e. The van der Waals surface area contributed by atoms with E-state index in [0.717, 1.165) is 33.2 Å². The van der Waals surface area contributed by atoms with Crippen LogP contribution in [0.25, 0.3) is 131 Å². The Bertz CT molecular complexity index is 3590. The highest BCUT2D eigenvalue weighted by Gasteiger charge is 2.19. The fraction of sp³-hybridized carbons (Fsp3) is 0. The second-order valence-electron chi connectivity index (χ2n) is 16.1. The highest BCUT2D eigenvalue weighted by Crippen LogP contribution is 2.45. The molecule has 0 aliphatic heterocycles. The molecule has 2 heteroatoms. The van der Waals surface area contributed by atoms with Crippen LogP contribution in [0, 0.1) is 0 Å². The van der Waals surface area contributed by atoms with Crippen molar-refractivity contribution in [2.75, 3.05) is 0 Å². The van der Waals surface area contributed by atoms with Crippen molar-refractivity contribution in [2.45, 2.75) is 0 Å². The number of aromatic nitrogens is 1. The lowest BCUT2D eigenvalue weighted by Crippen LogP contribution is -1.91. The summed E-state index contributed by atoms with van der Waals surface area (Å²) >= 11 is 0. The summed E-state index contributed by atoms with van der Waals surface area (Å²) < 4.78 is 6.49. The molecule has 2 nitrogen and oxygen atoms in total. The second-order valence-corrected chi connectivity index (χ2v) is 16.1. The van der Waals surface area contributed by atoms with Gasteiger partial charge in [0.25, 0.3) is 0 Å². The SMILES string of the molecule is c1cc(-c2ccc3c(c2)[nH]c2ccc4ccccc4c23)cc(-c2c3ccccc3c(-c3cccc(-c4ccc5c(c4)oc4ccc6ccccc6c45)c3)c3ccccc23)c1. The molecule has 2 heterocycles. The first-order chi connectivity index (χ1) is 29.7. The fourth-order valence-electron chi connectivity index (χ4n) is 10.0. The Morgan fingerprint density at radius 1 is 0.267 bits per heavy atom. The van der Waals surface area contributed by atoms with Crippen LogP contribution in [0.5, 0.6) is 0 Å². The molecule has 0 spiro atoms. The Labute approximate surface area is 345 Å². The lowest BCUT2D eigenvalue weighted by Gasteiger charge is -2.18. The minimum atomic E-state index is 0.904. The number of nitrogens with one attached hydrogen (secondary N) is 1. The molecule has 2 aromatic heterocycles. The molecule has 0 unspecified atom stereocenters. The maximum absolute atomic E-state index is 6.49. The third kappa shape index (κ3) is 4.95. The molecular formula is C58H35NO. The van der Waals surface area contributed by atoms with Gasteiger partial charge in [-0.05, 0) is 130 Å². The second kappa shape index (κ2) is 12.8. The van der Waals surface area contributed by atoms with Gasteiger partial charge in [-0.3, -0.25) is 0 Å². The quantitative estimate of drug-likeness (QED) is 0.178. The van der Waals surface area contributed by atoms with E-state index in [-0.39, 0.29) is 0 Å². The smallest absolute Gasteiger partial charge is 0.136 e. The Morgan fingerprint density at radius 3 is 1.37 bits per heavy atom. The standard InChI is InChI=1S/C58H35NO/c1-3-17-43-35(11-1)25-29-51-57(43)49-27-23-39(33-52(49)59-51)37-13-9-15-41(31-37)55-45-19-5-7-21-47(45)56(48-22-8-6-20-46(48)55)42-16-10-14-38(32-42)40-24-28-50-54(34-40)60-53-30-26-36-12-2-4-18-44(36)58(50)53/h1-34,59H. The van der Waals surface area contributed by atoms with Crippen LogP contribution in [0.4, 0.5) is 0 Å². The Morgan fingerprint density at radius 2 is 0.750 bits per heavy atom. The number of aromatic amines is 1. The van der Waals surface area contributed by atoms with Crippen molar-refractivity contribution in [3.05, 3.63) is 206 Å². The van der Waals surface area contributed by atoms with Gasteiger partial charge in [0.2, 0.25) is 0 Å². The number of H-pyrrole nitrogens is 1. The van der Waals surface area contributed by atoms with E-state index in [9.17, 15) is 0 Å². The fourth-order valence-corrected chi connectivity index (χ4v) is 10.0. The zero-order valence-corrected chi connectivity index (χ0v) is 32.5. The van der Waals surface area contributed by atoms with E-state index < -0.39 is 0 Å². The van der Waals surface area contributed by atoms with Crippen molar-refractivity contribution in [2.24, 2.45) is 0 Å². The highest BCUT2D eigenvalue weighted by atomic mass is 16.3. The number of benzene rings is 11. The van der Waals surface area contributed by atoms with Crippen LogP contribution in [0.1, 0.15) is 0 Å². The molecule has 0 saturated carbocycles. The van der Waals surface area contributed by atoms with Crippen LogP contribution >= 0.6 is 0 Å². The third-order valence-corrected chi connectivity index (χ3v) is 12.7. The van der Waals surface area contributed by atoms with Gasteiger partial charge in [-0.15, -0.1) is 0 Å². The van der Waals surface area contributed by atoms with Crippen LogP contribution in [0.15, 0.2) is 211 Å². The zero-order chi connectivity index (χ0) is 39.3. The van der Waals surface area contributed by atoms with E-state index in [4.69, 9.17) is 4.42 Å². The van der Waals surface area contributed by atoms with Gasteiger partial charge >= 0.3 is 0 Å². The van der Waals surface area contributed by atoms with Gasteiger partial charge in [0.15, 0.2) is 0 Å². The predicted molar refractivity (Wildman–Crippen MR) is 255 cm³/mol. The topological polar surface area (TPSA) is 28.9 Å². The van der Waals surface area contributed by atoms with Gasteiger partial charge in [0.05, 0.1) is 0 Å². The lowest BCUT2D eigenvalue weighted by molar-refractivity contribution is 0.669. The average Bonchev–Trinajstić information content (AvgIpc) is 3.89. The largest absolute Gasteiger partial charge is 0.456 e. The van der Waals surface area contributed by atoms with Gasteiger partial charge in [-0.2, -0.15) is 0 Å². The molecule has 0 amide bonds. The van der Waals surface area contributed by atoms with E-state index in [1.807, 2.05) is 0 Å². The van der Waals surface area contributed by atoms with Gasteiger partial charge in [-0.1, -0.05) is 164 Å². The monoisotopic (exact) mass is 761 g/mol. The Kier molecular flexibility index (Phi) is 7.05. The van der Waals surface area contributed by atoms with Crippen molar-refractivity contribution in [1.29, 1.82) is 0 Å². The van der Waals surface area contributed by atoms with Crippen molar-refractivity contribution in [1.82, 2.24) is 4.98 Å². The first-order valence-corrected chi connectivity index (χ1v) is 20.7. The molecule has 0 fully saturated rings. The van der Waals surface area contributed by atoms with Crippen molar-refractivity contribution in [3.8, 4) is 44.5 Å². The number of rotatable bonds is 4. The summed E-state index contributed by atoms with van der Waals surface area (Å²) in [6, 6.07) is 75.3. The van der Waals surface area contributed by atoms with Crippen molar-refractivity contribution in [3.63, 3.8) is 0 Å². The third-order valence-electron chi connectivity index (χ3n) is 12.7. The molecule has 13 aromatic rings. The molecule has 0 saturated heterocycles. The van der Waals surface area contributed by atoms with E-state index in [0.29, 0.717) is 0 Å². The first kappa shape index (κ1) is 33.1. The summed E-state index contributed by atoms with van der Waals surface area (Å²) in [5.41, 5.74) is 13.7. The number of fused-ring (bicyclic) bond motifs is 12. The van der Waals surface area contributed by atoms with Gasteiger partial charge in [0.1, 0.15) is 11.2 Å². The average molecular weight is 762 g/mol. The number of hydrogen-bond donors (Lipinski definition) is 1. The summed E-state index contributed by atoms with van der Waals surface area (Å²) in [6.07, 6.45) is 0. The minimum absolute atomic E-state index is 0.904.